The topological polar surface area (TPSA) is 20.2 Å². The largest absolute Gasteiger partial charge is 0.350 e. The number of hydrogen-bond acceptors (Lipinski definition) is 2. The first kappa shape index (κ1) is 13.0. The molecular weight excluding hydrogens is 258 g/mol. The molecule has 0 aliphatic carbocycles. The van der Waals surface area contributed by atoms with Gasteiger partial charge in [-0.3, -0.25) is 4.90 Å². The molecule has 4 heteroatoms. The molecule has 102 valence electrons. The van der Waals surface area contributed by atoms with Crippen molar-refractivity contribution in [3.8, 4) is 0 Å². The lowest BCUT2D eigenvalue weighted by Gasteiger charge is -2.18. The maximum atomic E-state index is 6.08. The van der Waals surface area contributed by atoms with Gasteiger partial charge in [0.05, 0.1) is 0 Å². The molecule has 0 amide bonds. The smallest absolute Gasteiger partial charge is 0.0495 e. The lowest BCUT2D eigenvalue weighted by molar-refractivity contribution is 0.285. The van der Waals surface area contributed by atoms with Crippen molar-refractivity contribution in [1.82, 2.24) is 14.8 Å². The minimum Gasteiger partial charge on any atom is -0.350 e. The summed E-state index contributed by atoms with van der Waals surface area (Å²) in [5.74, 6) is 0. The van der Waals surface area contributed by atoms with Crippen molar-refractivity contribution in [3.05, 3.63) is 35.0 Å². The maximum Gasteiger partial charge on any atom is 0.0495 e. The summed E-state index contributed by atoms with van der Waals surface area (Å²) in [5.41, 5.74) is 2.62. The zero-order valence-corrected chi connectivity index (χ0v) is 12.1. The fourth-order valence-corrected chi connectivity index (χ4v) is 3.03. The lowest BCUT2D eigenvalue weighted by Crippen LogP contribution is -2.27. The number of hydrogen-bond donors (Lipinski definition) is 1. The summed E-state index contributed by atoms with van der Waals surface area (Å²) in [5, 5.41) is 5.58. The predicted molar refractivity (Wildman–Crippen MR) is 80.7 cm³/mol. The van der Waals surface area contributed by atoms with Crippen LogP contribution in [0.3, 0.4) is 0 Å². The molecule has 1 N–H and O–H groups in total. The molecule has 1 saturated heterocycles. The molecule has 1 aromatic heterocycles. The van der Waals surface area contributed by atoms with Gasteiger partial charge in [0.2, 0.25) is 0 Å². The SMILES string of the molecule is Cn1cc(CN2CCCNCC2)c2ccc(Cl)cc21. The van der Waals surface area contributed by atoms with Gasteiger partial charge in [0.15, 0.2) is 0 Å². The Bertz CT molecular complexity index is 568. The number of benzene rings is 1. The Morgan fingerprint density at radius 1 is 1.26 bits per heavy atom. The van der Waals surface area contributed by atoms with Crippen LogP contribution in [0, 0.1) is 0 Å². The number of aromatic nitrogens is 1. The number of rotatable bonds is 2. The molecule has 0 saturated carbocycles. The average molecular weight is 278 g/mol. The molecule has 1 aromatic carbocycles. The number of aryl methyl sites for hydroxylation is 1. The number of fused-ring (bicyclic) bond motifs is 1. The van der Waals surface area contributed by atoms with Gasteiger partial charge in [-0.2, -0.15) is 0 Å². The van der Waals surface area contributed by atoms with Crippen LogP contribution >= 0.6 is 11.6 Å². The minimum absolute atomic E-state index is 0.805. The van der Waals surface area contributed by atoms with Crippen LogP contribution in [0.15, 0.2) is 24.4 Å². The fraction of sp³-hybridized carbons (Fsp3) is 0.467. The monoisotopic (exact) mass is 277 g/mol. The van der Waals surface area contributed by atoms with E-state index in [2.05, 4.69) is 34.1 Å². The highest BCUT2D eigenvalue weighted by atomic mass is 35.5. The van der Waals surface area contributed by atoms with Crippen molar-refractivity contribution in [3.63, 3.8) is 0 Å². The highest BCUT2D eigenvalue weighted by Crippen LogP contribution is 2.25. The number of nitrogens with one attached hydrogen (secondary N) is 1. The molecule has 3 nitrogen and oxygen atoms in total. The van der Waals surface area contributed by atoms with E-state index in [1.54, 1.807) is 0 Å². The van der Waals surface area contributed by atoms with E-state index < -0.39 is 0 Å². The fourth-order valence-electron chi connectivity index (χ4n) is 2.87. The summed E-state index contributed by atoms with van der Waals surface area (Å²) in [4.78, 5) is 2.53. The Kier molecular flexibility index (Phi) is 3.78. The van der Waals surface area contributed by atoms with Gasteiger partial charge in [0.25, 0.3) is 0 Å². The van der Waals surface area contributed by atoms with Crippen molar-refractivity contribution in [2.24, 2.45) is 7.05 Å². The van der Waals surface area contributed by atoms with Gasteiger partial charge in [-0.1, -0.05) is 17.7 Å². The highest BCUT2D eigenvalue weighted by Gasteiger charge is 2.13. The van der Waals surface area contributed by atoms with Crippen LogP contribution < -0.4 is 5.32 Å². The van der Waals surface area contributed by atoms with Gasteiger partial charge in [-0.15, -0.1) is 0 Å². The van der Waals surface area contributed by atoms with Crippen molar-refractivity contribution < 1.29 is 0 Å². The second kappa shape index (κ2) is 5.53. The Morgan fingerprint density at radius 3 is 3.05 bits per heavy atom. The first-order valence-corrected chi connectivity index (χ1v) is 7.28. The lowest BCUT2D eigenvalue weighted by atomic mass is 10.1. The zero-order chi connectivity index (χ0) is 13.2. The van der Waals surface area contributed by atoms with Gasteiger partial charge < -0.3 is 9.88 Å². The average Bonchev–Trinajstić information content (AvgIpc) is 2.58. The standard InChI is InChI=1S/C15H20ClN3/c1-18-10-12(11-19-7-2-5-17-6-8-19)14-4-3-13(16)9-15(14)18/h3-4,9-10,17H,2,5-8,11H2,1H3. The third kappa shape index (κ3) is 2.78. The molecule has 1 fully saturated rings. The predicted octanol–water partition coefficient (Wildman–Crippen LogP) is 2.63. The van der Waals surface area contributed by atoms with E-state index in [0.29, 0.717) is 0 Å². The third-order valence-corrected chi connectivity index (χ3v) is 4.10. The molecular formula is C15H20ClN3. The van der Waals surface area contributed by atoms with Crippen molar-refractivity contribution in [1.29, 1.82) is 0 Å². The molecule has 0 bridgehead atoms. The Hall–Kier alpha value is -1.03. The summed E-state index contributed by atoms with van der Waals surface area (Å²) in [6, 6.07) is 6.17. The Balaban J connectivity index is 1.88. The van der Waals surface area contributed by atoms with Crippen molar-refractivity contribution in [2.75, 3.05) is 26.2 Å². The summed E-state index contributed by atoms with van der Waals surface area (Å²) < 4.78 is 2.17. The van der Waals surface area contributed by atoms with Crippen LogP contribution in [0.4, 0.5) is 0 Å². The first-order valence-electron chi connectivity index (χ1n) is 6.90. The molecule has 0 spiro atoms. The molecule has 0 unspecified atom stereocenters. The van der Waals surface area contributed by atoms with Gasteiger partial charge in [0, 0.05) is 48.8 Å². The van der Waals surface area contributed by atoms with Gasteiger partial charge in [-0.25, -0.2) is 0 Å². The van der Waals surface area contributed by atoms with E-state index >= 15 is 0 Å². The number of nitrogens with zero attached hydrogens (tertiary/aromatic N) is 2. The number of halogens is 1. The summed E-state index contributed by atoms with van der Waals surface area (Å²) in [6.45, 7) is 5.57. The van der Waals surface area contributed by atoms with Crippen LogP contribution in [0.1, 0.15) is 12.0 Å². The van der Waals surface area contributed by atoms with Crippen molar-refractivity contribution >= 4 is 22.5 Å². The molecule has 19 heavy (non-hydrogen) atoms. The van der Waals surface area contributed by atoms with E-state index in [1.165, 1.54) is 29.4 Å². The van der Waals surface area contributed by atoms with Crippen LogP contribution in [0.2, 0.25) is 5.02 Å². The third-order valence-electron chi connectivity index (χ3n) is 3.86. The normalized spacial score (nSPS) is 17.8. The Morgan fingerprint density at radius 2 is 2.16 bits per heavy atom. The second-order valence-corrected chi connectivity index (χ2v) is 5.74. The molecule has 0 radical (unpaired) electrons. The van der Waals surface area contributed by atoms with Crippen LogP contribution in [-0.4, -0.2) is 35.6 Å². The van der Waals surface area contributed by atoms with Crippen LogP contribution in [-0.2, 0) is 13.6 Å². The molecule has 2 aromatic rings. The van der Waals surface area contributed by atoms with Gasteiger partial charge in [-0.05, 0) is 37.2 Å². The quantitative estimate of drug-likeness (QED) is 0.911. The summed E-state index contributed by atoms with van der Waals surface area (Å²) >= 11 is 6.08. The van der Waals surface area contributed by atoms with Gasteiger partial charge >= 0.3 is 0 Å². The summed E-state index contributed by atoms with van der Waals surface area (Å²) in [7, 11) is 2.09. The second-order valence-electron chi connectivity index (χ2n) is 5.31. The van der Waals surface area contributed by atoms with E-state index in [4.69, 9.17) is 11.6 Å². The van der Waals surface area contributed by atoms with E-state index in [-0.39, 0.29) is 0 Å². The highest BCUT2D eigenvalue weighted by molar-refractivity contribution is 6.31. The minimum atomic E-state index is 0.805. The van der Waals surface area contributed by atoms with E-state index in [1.807, 2.05) is 12.1 Å². The molecule has 2 heterocycles. The Labute approximate surface area is 119 Å². The van der Waals surface area contributed by atoms with Crippen LogP contribution in [0.25, 0.3) is 10.9 Å². The molecule has 1 aliphatic heterocycles. The summed E-state index contributed by atoms with van der Waals surface area (Å²) in [6.07, 6.45) is 3.47. The zero-order valence-electron chi connectivity index (χ0n) is 11.3. The van der Waals surface area contributed by atoms with E-state index in [0.717, 1.165) is 31.2 Å². The van der Waals surface area contributed by atoms with Gasteiger partial charge in [0.1, 0.15) is 0 Å². The van der Waals surface area contributed by atoms with E-state index in [9.17, 15) is 0 Å². The van der Waals surface area contributed by atoms with Crippen LogP contribution in [0.5, 0.6) is 0 Å². The molecule has 3 rings (SSSR count). The maximum absolute atomic E-state index is 6.08. The van der Waals surface area contributed by atoms with Crippen molar-refractivity contribution in [2.45, 2.75) is 13.0 Å². The molecule has 1 aliphatic rings. The first-order chi connectivity index (χ1) is 9.24. The molecule has 0 atom stereocenters.